The van der Waals surface area contributed by atoms with Crippen molar-refractivity contribution in [3.63, 3.8) is 0 Å². The number of carbonyl (C=O) groups is 4. The summed E-state index contributed by atoms with van der Waals surface area (Å²) in [6, 6.07) is 0. The molecule has 4 unspecified atom stereocenters. The van der Waals surface area contributed by atoms with Crippen molar-refractivity contribution in [3.05, 3.63) is 0 Å². The van der Waals surface area contributed by atoms with Crippen LogP contribution in [0.1, 0.15) is 331 Å². The third kappa shape index (κ3) is 58.4. The number of esters is 4. The number of rotatable bonds is 65. The molecule has 0 aliphatic heterocycles. The lowest BCUT2D eigenvalue weighted by molar-refractivity contribution is -0.161. The molecule has 0 rings (SSSR count). The number of ether oxygens (including phenoxy) is 4. The first-order valence-electron chi connectivity index (χ1n) is 34.9. The maximum atomic E-state index is 13.0. The van der Waals surface area contributed by atoms with Gasteiger partial charge in [0, 0.05) is 25.7 Å². The summed E-state index contributed by atoms with van der Waals surface area (Å²) in [5.41, 5.74) is 0. The Hall–Kier alpha value is -1.94. The fourth-order valence-electron chi connectivity index (χ4n) is 9.95. The van der Waals surface area contributed by atoms with E-state index >= 15 is 0 Å². The number of carbonyl (C=O) groups excluding carboxylic acids is 4. The molecule has 0 bridgehead atoms. The number of aliphatic hydroxyl groups excluding tert-OH is 1. The second-order valence-corrected chi connectivity index (χ2v) is 28.1. The maximum absolute atomic E-state index is 13.0. The van der Waals surface area contributed by atoms with Gasteiger partial charge in [-0.2, -0.15) is 0 Å². The Kier molecular flexibility index (Phi) is 56.9. The Bertz CT molecular complexity index is 1700. The molecule has 0 aromatic carbocycles. The minimum atomic E-state index is -4.95. The van der Waals surface area contributed by atoms with Gasteiger partial charge in [0.2, 0.25) is 0 Å². The van der Waals surface area contributed by atoms with Gasteiger partial charge in [0.1, 0.15) is 19.3 Å². The third-order valence-corrected chi connectivity index (χ3v) is 18.0. The maximum Gasteiger partial charge on any atom is 0.472 e. The average molecular weight is 1270 g/mol. The second-order valence-electron chi connectivity index (χ2n) is 25.2. The smallest absolute Gasteiger partial charge is 0.462 e. The predicted octanol–water partition coefficient (Wildman–Crippen LogP) is 18.7. The van der Waals surface area contributed by atoms with Crippen molar-refractivity contribution in [1.82, 2.24) is 0 Å². The van der Waals surface area contributed by atoms with Gasteiger partial charge in [0.15, 0.2) is 12.2 Å². The van der Waals surface area contributed by atoms with Gasteiger partial charge in [-0.25, -0.2) is 9.13 Å². The third-order valence-electron chi connectivity index (χ3n) is 16.1. The molecule has 0 saturated heterocycles. The minimum absolute atomic E-state index is 0.103. The molecule has 3 N–H and O–H groups in total. The number of hydrogen-bond acceptors (Lipinski definition) is 15. The minimum Gasteiger partial charge on any atom is -0.462 e. The van der Waals surface area contributed by atoms with Crippen molar-refractivity contribution in [2.75, 3.05) is 39.6 Å². The first-order valence-corrected chi connectivity index (χ1v) is 37.9. The molecule has 19 heteroatoms. The molecule has 0 fully saturated rings. The lowest BCUT2D eigenvalue weighted by Gasteiger charge is -2.21. The van der Waals surface area contributed by atoms with Crippen LogP contribution in [0, 0.1) is 17.8 Å². The summed E-state index contributed by atoms with van der Waals surface area (Å²) in [6.07, 6.45) is 40.6. The van der Waals surface area contributed by atoms with Gasteiger partial charge in [-0.05, 0) is 43.4 Å². The molecule has 17 nitrogen and oxygen atoms in total. The first kappa shape index (κ1) is 84.1. The summed E-state index contributed by atoms with van der Waals surface area (Å²) < 4.78 is 67.9. The van der Waals surface area contributed by atoms with E-state index in [1.165, 1.54) is 135 Å². The highest BCUT2D eigenvalue weighted by Gasteiger charge is 2.30. The van der Waals surface area contributed by atoms with Crippen molar-refractivity contribution < 1.29 is 80.2 Å². The SMILES string of the molecule is CCCCCCCC(=O)OC[C@H](COP(=O)(O)OC[C@H](O)COP(=O)(O)OC[C@@H](COC(=O)CCCCCCCCCCC(C)CC)OC(=O)CCCCCCCCCCCCCCCCC(C)CC)OC(=O)CCCCCCCCCCC(C)C. The van der Waals surface area contributed by atoms with Gasteiger partial charge in [-0.1, -0.05) is 280 Å². The zero-order chi connectivity index (χ0) is 63.8. The highest BCUT2D eigenvalue weighted by atomic mass is 31.2. The lowest BCUT2D eigenvalue weighted by Crippen LogP contribution is -2.30. The van der Waals surface area contributed by atoms with E-state index in [4.69, 9.17) is 37.0 Å². The van der Waals surface area contributed by atoms with Crippen LogP contribution in [0.3, 0.4) is 0 Å². The summed E-state index contributed by atoms with van der Waals surface area (Å²) in [5.74, 6) is 0.199. The number of aliphatic hydroxyl groups is 1. The molecule has 0 saturated carbocycles. The number of phosphoric acid groups is 2. The van der Waals surface area contributed by atoms with E-state index in [1.54, 1.807) is 0 Å². The van der Waals surface area contributed by atoms with Crippen LogP contribution in [0.4, 0.5) is 0 Å². The van der Waals surface area contributed by atoms with E-state index < -0.39 is 97.5 Å². The highest BCUT2D eigenvalue weighted by molar-refractivity contribution is 7.47. The monoisotopic (exact) mass is 1270 g/mol. The lowest BCUT2D eigenvalue weighted by atomic mass is 9.99. The van der Waals surface area contributed by atoms with Crippen molar-refractivity contribution in [1.29, 1.82) is 0 Å². The van der Waals surface area contributed by atoms with Crippen LogP contribution in [-0.4, -0.2) is 96.7 Å². The van der Waals surface area contributed by atoms with Crippen molar-refractivity contribution >= 4 is 39.5 Å². The van der Waals surface area contributed by atoms with Crippen molar-refractivity contribution in [2.45, 2.75) is 349 Å². The molecule has 0 heterocycles. The number of phosphoric ester groups is 2. The highest BCUT2D eigenvalue weighted by Crippen LogP contribution is 2.45. The van der Waals surface area contributed by atoms with Crippen molar-refractivity contribution in [3.8, 4) is 0 Å². The summed E-state index contributed by atoms with van der Waals surface area (Å²) in [6.45, 7) is 11.7. The normalized spacial score (nSPS) is 14.9. The molecule has 7 atom stereocenters. The Morgan fingerprint density at radius 3 is 0.884 bits per heavy atom. The molecule has 510 valence electrons. The topological polar surface area (TPSA) is 237 Å². The summed E-state index contributed by atoms with van der Waals surface area (Å²) in [5, 5.41) is 10.5. The van der Waals surface area contributed by atoms with Gasteiger partial charge in [0.05, 0.1) is 26.4 Å². The zero-order valence-corrected chi connectivity index (χ0v) is 57.6. The quantitative estimate of drug-likeness (QED) is 0.0222. The van der Waals surface area contributed by atoms with Gasteiger partial charge >= 0.3 is 39.5 Å². The number of unbranched alkanes of at least 4 members (excludes halogenated alkanes) is 31. The van der Waals surface area contributed by atoms with Gasteiger partial charge in [-0.15, -0.1) is 0 Å². The van der Waals surface area contributed by atoms with Crippen LogP contribution in [0.5, 0.6) is 0 Å². The van der Waals surface area contributed by atoms with E-state index in [-0.39, 0.29) is 25.7 Å². The molecular weight excluding hydrogens is 1140 g/mol. The average Bonchev–Trinajstić information content (AvgIpc) is 3.66. The zero-order valence-electron chi connectivity index (χ0n) is 55.8. The van der Waals surface area contributed by atoms with E-state index in [0.29, 0.717) is 25.7 Å². The van der Waals surface area contributed by atoms with Gasteiger partial charge in [-0.3, -0.25) is 37.3 Å². The van der Waals surface area contributed by atoms with Crippen LogP contribution in [-0.2, 0) is 65.4 Å². The molecule has 0 radical (unpaired) electrons. The van der Waals surface area contributed by atoms with E-state index in [0.717, 1.165) is 114 Å². The Morgan fingerprint density at radius 1 is 0.337 bits per heavy atom. The van der Waals surface area contributed by atoms with Crippen LogP contribution < -0.4 is 0 Å². The molecule has 86 heavy (non-hydrogen) atoms. The summed E-state index contributed by atoms with van der Waals surface area (Å²) in [7, 11) is -9.89. The predicted molar refractivity (Wildman–Crippen MR) is 344 cm³/mol. The van der Waals surface area contributed by atoms with Crippen molar-refractivity contribution in [2.24, 2.45) is 17.8 Å². The Balaban J connectivity index is 5.16. The summed E-state index contributed by atoms with van der Waals surface area (Å²) >= 11 is 0. The molecule has 0 aromatic heterocycles. The molecule has 0 spiro atoms. The van der Waals surface area contributed by atoms with Crippen LogP contribution in [0.2, 0.25) is 0 Å². The second kappa shape index (κ2) is 58.2. The van der Waals surface area contributed by atoms with Crippen LogP contribution in [0.15, 0.2) is 0 Å². The van der Waals surface area contributed by atoms with Gasteiger partial charge in [0.25, 0.3) is 0 Å². The fraction of sp³-hybridized carbons (Fsp3) is 0.940. The molecule has 0 aliphatic carbocycles. The molecule has 0 amide bonds. The van der Waals surface area contributed by atoms with Crippen LogP contribution >= 0.6 is 15.6 Å². The fourth-order valence-corrected chi connectivity index (χ4v) is 11.5. The number of hydrogen-bond donors (Lipinski definition) is 3. The summed E-state index contributed by atoms with van der Waals surface area (Å²) in [4.78, 5) is 72.1. The van der Waals surface area contributed by atoms with E-state index in [2.05, 4.69) is 48.5 Å². The molecular formula is C67H130O17P2. The first-order chi connectivity index (χ1) is 41.3. The Morgan fingerprint density at radius 2 is 0.593 bits per heavy atom. The standard InChI is InChI=1S/C67H130O17P2/c1-8-11-12-31-41-48-64(69)77-54-62(83-67(72)51-44-37-30-23-21-25-32-38-45-58(4)5)56-81-85(73,74)79-52-61(68)53-80-86(75,76)82-57-63(55-78-65(70)49-42-35-28-24-22-27-34-40-47-60(7)10-3)84-66(71)50-43-36-29-20-18-16-14-13-15-17-19-26-33-39-46-59(6)9-2/h58-63,68H,8-57H2,1-7H3,(H,73,74)(H,75,76)/t59?,60?,61-,62+,63+/m0/s1. The molecule has 0 aromatic rings. The largest absolute Gasteiger partial charge is 0.472 e. The van der Waals surface area contributed by atoms with E-state index in [1.807, 2.05) is 0 Å². The van der Waals surface area contributed by atoms with Crippen LogP contribution in [0.25, 0.3) is 0 Å². The Labute approximate surface area is 524 Å². The van der Waals surface area contributed by atoms with Gasteiger partial charge < -0.3 is 33.8 Å². The van der Waals surface area contributed by atoms with E-state index in [9.17, 15) is 43.2 Å². The molecule has 0 aliphatic rings.